The van der Waals surface area contributed by atoms with Crippen LogP contribution in [0.25, 0.3) is 0 Å². The van der Waals surface area contributed by atoms with Crippen molar-refractivity contribution < 1.29 is 0 Å². The number of rotatable bonds is 4. The zero-order valence-electron chi connectivity index (χ0n) is 15.7. The fourth-order valence-corrected chi connectivity index (χ4v) is 4.41. The molecular weight excluding hydrogens is 310 g/mol. The molecule has 2 aromatic heterocycles. The lowest BCUT2D eigenvalue weighted by Gasteiger charge is -2.21. The van der Waals surface area contributed by atoms with E-state index >= 15 is 0 Å². The average Bonchev–Trinajstić information content (AvgIpc) is 3.18. The minimum absolute atomic E-state index is 0.588. The van der Waals surface area contributed by atoms with Gasteiger partial charge in [-0.15, -0.1) is 0 Å². The van der Waals surface area contributed by atoms with Gasteiger partial charge in [-0.1, -0.05) is 0 Å². The molecule has 5 heteroatoms. The van der Waals surface area contributed by atoms with Crippen LogP contribution >= 0.6 is 0 Å². The van der Waals surface area contributed by atoms with Crippen LogP contribution in [0.1, 0.15) is 48.1 Å². The van der Waals surface area contributed by atoms with Crippen molar-refractivity contribution in [2.75, 3.05) is 32.1 Å². The number of aryl methyl sites for hydroxylation is 2. The highest BCUT2D eigenvalue weighted by atomic mass is 15.2. The first-order valence-corrected chi connectivity index (χ1v) is 9.53. The quantitative estimate of drug-likeness (QED) is 0.858. The molecule has 25 heavy (non-hydrogen) atoms. The summed E-state index contributed by atoms with van der Waals surface area (Å²) < 4.78 is 2.56. The Kier molecular flexibility index (Phi) is 4.50. The molecule has 2 aromatic rings. The maximum absolute atomic E-state index is 4.87. The summed E-state index contributed by atoms with van der Waals surface area (Å²) in [5.74, 6) is 2.25. The van der Waals surface area contributed by atoms with Crippen LogP contribution in [-0.2, 0) is 19.4 Å². The number of hydrogen-bond acceptors (Lipinski definition) is 4. The molecule has 134 valence electrons. The molecule has 1 fully saturated rings. The maximum Gasteiger partial charge on any atom is 0.128 e. The number of hydrogen-bond donors (Lipinski definition) is 0. The molecule has 1 saturated heterocycles. The Morgan fingerprint density at radius 1 is 1.24 bits per heavy atom. The van der Waals surface area contributed by atoms with E-state index in [1.54, 1.807) is 0 Å². The molecule has 1 aliphatic heterocycles. The van der Waals surface area contributed by atoms with Crippen LogP contribution in [0.15, 0.2) is 18.3 Å². The third-order valence-corrected chi connectivity index (χ3v) is 5.63. The highest BCUT2D eigenvalue weighted by molar-refractivity contribution is 5.39. The van der Waals surface area contributed by atoms with Gasteiger partial charge in [-0.3, -0.25) is 4.90 Å². The number of fused-ring (bicyclic) bond motifs is 1. The Hall–Kier alpha value is -1.88. The Balaban J connectivity index is 1.47. The summed E-state index contributed by atoms with van der Waals surface area (Å²) in [5, 5.41) is 0. The van der Waals surface area contributed by atoms with Gasteiger partial charge >= 0.3 is 0 Å². The zero-order chi connectivity index (χ0) is 17.4. The van der Waals surface area contributed by atoms with Gasteiger partial charge in [0.25, 0.3) is 0 Å². The molecular formula is C20H29N5. The second-order valence-electron chi connectivity index (χ2n) is 7.72. The zero-order valence-corrected chi connectivity index (χ0v) is 15.7. The lowest BCUT2D eigenvalue weighted by atomic mass is 10.0. The van der Waals surface area contributed by atoms with Crippen LogP contribution in [0.3, 0.4) is 0 Å². The number of nitrogens with zero attached hydrogens (tertiary/aromatic N) is 5. The Labute approximate surface area is 150 Å². The number of anilines is 1. The van der Waals surface area contributed by atoms with E-state index in [0.29, 0.717) is 6.04 Å². The molecule has 3 heterocycles. The summed E-state index contributed by atoms with van der Waals surface area (Å²) in [6.07, 6.45) is 8.16. The number of pyridine rings is 1. The molecule has 0 saturated carbocycles. The molecule has 0 spiro atoms. The van der Waals surface area contributed by atoms with Crippen molar-refractivity contribution in [3.63, 3.8) is 0 Å². The van der Waals surface area contributed by atoms with Crippen molar-refractivity contribution in [3.8, 4) is 0 Å². The van der Waals surface area contributed by atoms with E-state index in [4.69, 9.17) is 4.98 Å². The van der Waals surface area contributed by atoms with E-state index in [2.05, 4.69) is 38.4 Å². The van der Waals surface area contributed by atoms with Crippen molar-refractivity contribution >= 4 is 5.82 Å². The third-order valence-electron chi connectivity index (χ3n) is 5.63. The SMILES string of the molecule is Cc1nc2c(n1[C@@H]1CCN(Cc3ccnc(N(C)C)c3)C1)CCCC2. The smallest absolute Gasteiger partial charge is 0.128 e. The van der Waals surface area contributed by atoms with Crippen molar-refractivity contribution in [1.29, 1.82) is 0 Å². The fourth-order valence-electron chi connectivity index (χ4n) is 4.41. The molecule has 0 N–H and O–H groups in total. The number of aromatic nitrogens is 3. The van der Waals surface area contributed by atoms with Gasteiger partial charge in [-0.25, -0.2) is 9.97 Å². The normalized spacial score (nSPS) is 20.7. The average molecular weight is 339 g/mol. The number of likely N-dealkylation sites (tertiary alicyclic amines) is 1. The first kappa shape index (κ1) is 16.6. The van der Waals surface area contributed by atoms with E-state index < -0.39 is 0 Å². The molecule has 4 rings (SSSR count). The van der Waals surface area contributed by atoms with E-state index in [0.717, 1.165) is 25.5 Å². The van der Waals surface area contributed by atoms with Gasteiger partial charge in [0.2, 0.25) is 0 Å². The van der Waals surface area contributed by atoms with Crippen LogP contribution in [0.5, 0.6) is 0 Å². The maximum atomic E-state index is 4.87. The van der Waals surface area contributed by atoms with Crippen molar-refractivity contribution in [2.45, 2.75) is 51.6 Å². The van der Waals surface area contributed by atoms with Crippen molar-refractivity contribution in [1.82, 2.24) is 19.4 Å². The Morgan fingerprint density at radius 2 is 2.08 bits per heavy atom. The van der Waals surface area contributed by atoms with Gasteiger partial charge in [0, 0.05) is 51.7 Å². The predicted octanol–water partition coefficient (Wildman–Crippen LogP) is 2.98. The van der Waals surface area contributed by atoms with Crippen LogP contribution in [0.4, 0.5) is 5.82 Å². The lowest BCUT2D eigenvalue weighted by Crippen LogP contribution is -2.23. The minimum atomic E-state index is 0.588. The molecule has 1 aliphatic carbocycles. The monoisotopic (exact) mass is 339 g/mol. The summed E-state index contributed by atoms with van der Waals surface area (Å²) in [7, 11) is 4.09. The molecule has 5 nitrogen and oxygen atoms in total. The van der Waals surface area contributed by atoms with Gasteiger partial charge in [0.1, 0.15) is 11.6 Å². The molecule has 0 radical (unpaired) electrons. The molecule has 0 amide bonds. The first-order valence-electron chi connectivity index (χ1n) is 9.53. The minimum Gasteiger partial charge on any atom is -0.363 e. The standard InChI is InChI=1S/C20H29N5/c1-15-22-18-6-4-5-7-19(18)25(15)17-9-11-24(14-17)13-16-8-10-21-20(12-16)23(2)3/h8,10,12,17H,4-7,9,11,13-14H2,1-3H3/t17-/m1/s1. The summed E-state index contributed by atoms with van der Waals surface area (Å²) in [6.45, 7) is 5.49. The van der Waals surface area contributed by atoms with Crippen molar-refractivity contribution in [3.05, 3.63) is 41.1 Å². The van der Waals surface area contributed by atoms with E-state index in [1.165, 1.54) is 54.9 Å². The first-order chi connectivity index (χ1) is 12.1. The molecule has 2 aliphatic rings. The Morgan fingerprint density at radius 3 is 2.92 bits per heavy atom. The Bertz CT molecular complexity index is 749. The largest absolute Gasteiger partial charge is 0.363 e. The van der Waals surface area contributed by atoms with E-state index in [9.17, 15) is 0 Å². The van der Waals surface area contributed by atoms with Gasteiger partial charge in [-0.05, 0) is 56.7 Å². The van der Waals surface area contributed by atoms with Gasteiger partial charge in [-0.2, -0.15) is 0 Å². The second kappa shape index (κ2) is 6.79. The summed E-state index contributed by atoms with van der Waals surface area (Å²) in [4.78, 5) is 13.9. The molecule has 0 unspecified atom stereocenters. The second-order valence-corrected chi connectivity index (χ2v) is 7.72. The van der Waals surface area contributed by atoms with Gasteiger partial charge in [0.15, 0.2) is 0 Å². The summed E-state index contributed by atoms with van der Waals surface area (Å²) >= 11 is 0. The lowest BCUT2D eigenvalue weighted by molar-refractivity contribution is 0.314. The number of imidazole rings is 1. The highest BCUT2D eigenvalue weighted by Gasteiger charge is 2.29. The van der Waals surface area contributed by atoms with Crippen LogP contribution < -0.4 is 4.90 Å². The summed E-state index contributed by atoms with van der Waals surface area (Å²) in [5.41, 5.74) is 4.24. The van der Waals surface area contributed by atoms with Gasteiger partial charge < -0.3 is 9.47 Å². The fraction of sp³-hybridized carbons (Fsp3) is 0.600. The topological polar surface area (TPSA) is 37.2 Å². The van der Waals surface area contributed by atoms with Crippen LogP contribution in [-0.4, -0.2) is 46.6 Å². The van der Waals surface area contributed by atoms with Crippen molar-refractivity contribution in [2.24, 2.45) is 0 Å². The highest BCUT2D eigenvalue weighted by Crippen LogP contribution is 2.30. The summed E-state index contributed by atoms with van der Waals surface area (Å²) in [6, 6.07) is 4.94. The molecule has 0 bridgehead atoms. The molecule has 1 atom stereocenters. The van der Waals surface area contributed by atoms with E-state index in [1.807, 2.05) is 20.3 Å². The van der Waals surface area contributed by atoms with E-state index in [-0.39, 0.29) is 0 Å². The molecule has 0 aromatic carbocycles. The predicted molar refractivity (Wildman–Crippen MR) is 101 cm³/mol. The van der Waals surface area contributed by atoms with Crippen LogP contribution in [0, 0.1) is 6.92 Å². The van der Waals surface area contributed by atoms with Gasteiger partial charge in [0.05, 0.1) is 5.69 Å². The third kappa shape index (κ3) is 3.30. The van der Waals surface area contributed by atoms with Crippen LogP contribution in [0.2, 0.25) is 0 Å².